The molecule has 0 saturated heterocycles. The summed E-state index contributed by atoms with van der Waals surface area (Å²) in [7, 11) is 0. The Kier molecular flexibility index (Phi) is 6.77. The lowest BCUT2D eigenvalue weighted by Gasteiger charge is -2.25. The highest BCUT2D eigenvalue weighted by atomic mass is 35.5. The van der Waals surface area contributed by atoms with Crippen LogP contribution in [0.15, 0.2) is 53.6 Å². The molecular formula is C21H22Cl2N4O2. The molecule has 8 heteroatoms. The van der Waals surface area contributed by atoms with Gasteiger partial charge in [-0.1, -0.05) is 55.2 Å². The fraction of sp³-hybridized carbons (Fsp3) is 0.286. The maximum atomic E-state index is 11.9. The third-order valence-corrected chi connectivity index (χ3v) is 4.89. The van der Waals surface area contributed by atoms with Crippen LogP contribution in [0.25, 0.3) is 0 Å². The zero-order valence-corrected chi connectivity index (χ0v) is 17.7. The molecule has 0 fully saturated rings. The van der Waals surface area contributed by atoms with Gasteiger partial charge in [0.2, 0.25) is 0 Å². The molecule has 2 N–H and O–H groups in total. The van der Waals surface area contributed by atoms with E-state index in [9.17, 15) is 4.79 Å². The summed E-state index contributed by atoms with van der Waals surface area (Å²) in [6.45, 7) is 5.01. The summed E-state index contributed by atoms with van der Waals surface area (Å²) >= 11 is 12.2. The quantitative estimate of drug-likeness (QED) is 0.537. The second-order valence-electron chi connectivity index (χ2n) is 7.52. The number of H-pyrrole nitrogens is 1. The molecule has 152 valence electrons. The minimum Gasteiger partial charge on any atom is -0.475 e. The van der Waals surface area contributed by atoms with Gasteiger partial charge in [-0.3, -0.25) is 9.78 Å². The maximum absolute atomic E-state index is 11.9. The van der Waals surface area contributed by atoms with Crippen LogP contribution in [0.5, 0.6) is 5.88 Å². The van der Waals surface area contributed by atoms with Crippen LogP contribution in [0.2, 0.25) is 10.0 Å². The number of aromatic amines is 1. The molecule has 0 aliphatic rings. The zero-order chi connectivity index (χ0) is 20.9. The van der Waals surface area contributed by atoms with Crippen molar-refractivity contribution in [2.75, 3.05) is 11.9 Å². The van der Waals surface area contributed by atoms with Crippen molar-refractivity contribution in [1.29, 1.82) is 0 Å². The summed E-state index contributed by atoms with van der Waals surface area (Å²) in [6.07, 6.45) is 4.22. The van der Waals surface area contributed by atoms with Crippen LogP contribution in [0.3, 0.4) is 0 Å². The third kappa shape index (κ3) is 5.95. The van der Waals surface area contributed by atoms with Crippen LogP contribution < -0.4 is 15.6 Å². The van der Waals surface area contributed by atoms with E-state index in [1.54, 1.807) is 12.4 Å². The second-order valence-corrected chi connectivity index (χ2v) is 8.33. The van der Waals surface area contributed by atoms with Gasteiger partial charge < -0.3 is 10.1 Å². The van der Waals surface area contributed by atoms with E-state index in [0.717, 1.165) is 17.5 Å². The van der Waals surface area contributed by atoms with Gasteiger partial charge >= 0.3 is 0 Å². The lowest BCUT2D eigenvalue weighted by atomic mass is 9.87. The topological polar surface area (TPSA) is 79.9 Å². The monoisotopic (exact) mass is 432 g/mol. The number of ether oxygens (including phenoxy) is 1. The molecule has 3 aromatic rings. The summed E-state index contributed by atoms with van der Waals surface area (Å²) in [5.41, 5.74) is 1.80. The molecule has 1 aromatic carbocycles. The molecule has 2 aromatic heterocycles. The van der Waals surface area contributed by atoms with Gasteiger partial charge in [0.15, 0.2) is 0 Å². The van der Waals surface area contributed by atoms with E-state index in [1.165, 1.54) is 0 Å². The molecule has 0 aliphatic heterocycles. The first-order valence-corrected chi connectivity index (χ1v) is 9.88. The van der Waals surface area contributed by atoms with Gasteiger partial charge in [0.25, 0.3) is 11.4 Å². The Morgan fingerprint density at radius 3 is 2.59 bits per heavy atom. The first-order chi connectivity index (χ1) is 13.8. The van der Waals surface area contributed by atoms with Crippen molar-refractivity contribution in [1.82, 2.24) is 15.2 Å². The number of aromatic nitrogens is 3. The smallest absolute Gasteiger partial charge is 0.285 e. The van der Waals surface area contributed by atoms with Crippen molar-refractivity contribution >= 4 is 28.9 Å². The van der Waals surface area contributed by atoms with Crippen LogP contribution in [0, 0.1) is 5.41 Å². The number of pyridine rings is 1. The van der Waals surface area contributed by atoms with Gasteiger partial charge in [0.1, 0.15) is 10.7 Å². The highest BCUT2D eigenvalue weighted by Crippen LogP contribution is 2.30. The minimum absolute atomic E-state index is 0.00870. The number of halogens is 2. The summed E-state index contributed by atoms with van der Waals surface area (Å²) < 4.78 is 5.95. The molecule has 0 bridgehead atoms. The molecule has 0 saturated carbocycles. The molecule has 0 radical (unpaired) electrons. The lowest BCUT2D eigenvalue weighted by molar-refractivity contribution is 0.173. The predicted octanol–water partition coefficient (Wildman–Crippen LogP) is 4.73. The Balaban J connectivity index is 1.71. The van der Waals surface area contributed by atoms with Gasteiger partial charge in [0, 0.05) is 29.4 Å². The van der Waals surface area contributed by atoms with Crippen molar-refractivity contribution in [3.8, 4) is 5.88 Å². The minimum atomic E-state index is -0.479. The molecule has 6 nitrogen and oxygen atoms in total. The lowest BCUT2D eigenvalue weighted by Crippen LogP contribution is -2.25. The van der Waals surface area contributed by atoms with Crippen LogP contribution in [-0.4, -0.2) is 21.8 Å². The fourth-order valence-electron chi connectivity index (χ4n) is 2.83. The Morgan fingerprint density at radius 1 is 1.14 bits per heavy atom. The molecule has 3 rings (SSSR count). The Bertz CT molecular complexity index is 1010. The van der Waals surface area contributed by atoms with Crippen molar-refractivity contribution in [2.24, 2.45) is 5.41 Å². The Morgan fingerprint density at radius 2 is 1.90 bits per heavy atom. The van der Waals surface area contributed by atoms with E-state index in [4.69, 9.17) is 27.9 Å². The second kappa shape index (κ2) is 9.29. The summed E-state index contributed by atoms with van der Waals surface area (Å²) in [5, 5.41) is 10.3. The van der Waals surface area contributed by atoms with Crippen molar-refractivity contribution in [3.63, 3.8) is 0 Å². The summed E-state index contributed by atoms with van der Waals surface area (Å²) in [4.78, 5) is 16.0. The average molecular weight is 433 g/mol. The molecule has 29 heavy (non-hydrogen) atoms. The van der Waals surface area contributed by atoms with Crippen LogP contribution in [0.1, 0.15) is 25.0 Å². The SMILES string of the molecule is CC(C)(COc1n[nH]c(=O)c(Cl)c1NCc1cccnc1)Cc1ccc(Cl)cc1. The van der Waals surface area contributed by atoms with Gasteiger partial charge in [-0.2, -0.15) is 0 Å². The fourth-order valence-corrected chi connectivity index (χ4v) is 3.15. The number of anilines is 1. The zero-order valence-electron chi connectivity index (χ0n) is 16.2. The van der Waals surface area contributed by atoms with E-state index in [1.807, 2.05) is 36.4 Å². The summed E-state index contributed by atoms with van der Waals surface area (Å²) in [6, 6.07) is 11.5. The number of nitrogens with zero attached hydrogens (tertiary/aromatic N) is 2. The number of hydrogen-bond donors (Lipinski definition) is 2. The first kappa shape index (κ1) is 21.1. The van der Waals surface area contributed by atoms with E-state index < -0.39 is 5.56 Å². The normalized spacial score (nSPS) is 11.3. The van der Waals surface area contributed by atoms with Crippen LogP contribution in [0.4, 0.5) is 5.69 Å². The molecule has 0 aliphatic carbocycles. The Hall–Kier alpha value is -2.57. The van der Waals surface area contributed by atoms with Crippen LogP contribution >= 0.6 is 23.2 Å². The molecule has 2 heterocycles. The first-order valence-electron chi connectivity index (χ1n) is 9.12. The van der Waals surface area contributed by atoms with Gasteiger partial charge in [-0.15, -0.1) is 5.10 Å². The number of rotatable bonds is 8. The molecule has 0 atom stereocenters. The molecule has 0 spiro atoms. The number of nitrogens with one attached hydrogen (secondary N) is 2. The van der Waals surface area contributed by atoms with Gasteiger partial charge in [-0.25, -0.2) is 5.10 Å². The van der Waals surface area contributed by atoms with Gasteiger partial charge in [0.05, 0.1) is 6.61 Å². The third-order valence-electron chi connectivity index (χ3n) is 4.28. The van der Waals surface area contributed by atoms with Gasteiger partial charge in [-0.05, 0) is 35.7 Å². The average Bonchev–Trinajstić information content (AvgIpc) is 2.70. The van der Waals surface area contributed by atoms with E-state index >= 15 is 0 Å². The number of hydrogen-bond acceptors (Lipinski definition) is 5. The Labute approximate surface area is 179 Å². The largest absolute Gasteiger partial charge is 0.475 e. The molecule has 0 unspecified atom stereocenters. The van der Waals surface area contributed by atoms with E-state index in [-0.39, 0.29) is 16.3 Å². The highest BCUT2D eigenvalue weighted by Gasteiger charge is 2.22. The summed E-state index contributed by atoms with van der Waals surface area (Å²) in [5.74, 6) is 0.252. The molecular weight excluding hydrogens is 411 g/mol. The van der Waals surface area contributed by atoms with E-state index in [2.05, 4.69) is 34.3 Å². The highest BCUT2D eigenvalue weighted by molar-refractivity contribution is 6.33. The molecule has 0 amide bonds. The van der Waals surface area contributed by atoms with Crippen molar-refractivity contribution < 1.29 is 4.74 Å². The maximum Gasteiger partial charge on any atom is 0.285 e. The predicted molar refractivity (Wildman–Crippen MR) is 116 cm³/mol. The standard InChI is InChI=1S/C21H22Cl2N4O2/c1-21(2,10-14-5-7-16(22)8-6-14)13-29-20-18(17(23)19(28)26-27-20)25-12-15-4-3-9-24-11-15/h3-9,11H,10,12-13H2,1-2H3,(H2,25,26,28). The van der Waals surface area contributed by atoms with E-state index in [0.29, 0.717) is 23.9 Å². The number of benzene rings is 1. The van der Waals surface area contributed by atoms with Crippen molar-refractivity contribution in [2.45, 2.75) is 26.8 Å². The van der Waals surface area contributed by atoms with Crippen molar-refractivity contribution in [3.05, 3.63) is 80.3 Å². The van der Waals surface area contributed by atoms with Crippen LogP contribution in [-0.2, 0) is 13.0 Å².